The van der Waals surface area contributed by atoms with Gasteiger partial charge in [-0.3, -0.25) is 0 Å². The first kappa shape index (κ1) is 12.8. The first-order chi connectivity index (χ1) is 9.34. The minimum atomic E-state index is 0.152. The molecule has 2 aliphatic rings. The molecule has 3 heteroatoms. The minimum Gasteiger partial charge on any atom is -0.490 e. The van der Waals surface area contributed by atoms with Crippen LogP contribution >= 0.6 is 0 Å². The Hall–Kier alpha value is -1.22. The van der Waals surface area contributed by atoms with Crippen LogP contribution in [0.3, 0.4) is 0 Å². The van der Waals surface area contributed by atoms with Crippen molar-refractivity contribution in [3.05, 3.63) is 23.8 Å². The molecule has 104 valence electrons. The van der Waals surface area contributed by atoms with Crippen molar-refractivity contribution >= 4 is 0 Å². The average molecular weight is 261 g/mol. The van der Waals surface area contributed by atoms with Gasteiger partial charge in [-0.15, -0.1) is 0 Å². The molecule has 0 amide bonds. The molecular formula is C16H23NO2. The molecular weight excluding hydrogens is 238 g/mol. The lowest BCUT2D eigenvalue weighted by Gasteiger charge is -2.30. The summed E-state index contributed by atoms with van der Waals surface area (Å²) >= 11 is 0. The van der Waals surface area contributed by atoms with Crippen LogP contribution in [-0.2, 0) is 5.54 Å². The largest absolute Gasteiger partial charge is 0.490 e. The normalized spacial score (nSPS) is 26.2. The number of benzene rings is 1. The summed E-state index contributed by atoms with van der Waals surface area (Å²) in [6, 6.07) is 6.48. The van der Waals surface area contributed by atoms with Crippen molar-refractivity contribution in [2.45, 2.75) is 44.6 Å². The van der Waals surface area contributed by atoms with Crippen LogP contribution in [0.1, 0.15) is 44.6 Å². The highest BCUT2D eigenvalue weighted by Gasteiger charge is 2.34. The van der Waals surface area contributed by atoms with E-state index in [1.54, 1.807) is 0 Å². The fraction of sp³-hybridized carbons (Fsp3) is 0.625. The van der Waals surface area contributed by atoms with Gasteiger partial charge in [-0.25, -0.2) is 0 Å². The first-order valence-electron chi connectivity index (χ1n) is 7.49. The lowest BCUT2D eigenvalue weighted by molar-refractivity contribution is 0.296. The number of nitrogens with one attached hydrogen (secondary N) is 1. The van der Waals surface area contributed by atoms with Crippen LogP contribution in [-0.4, -0.2) is 19.8 Å². The summed E-state index contributed by atoms with van der Waals surface area (Å²) < 4.78 is 11.5. The maximum Gasteiger partial charge on any atom is 0.161 e. The van der Waals surface area contributed by atoms with Gasteiger partial charge in [0.15, 0.2) is 11.5 Å². The highest BCUT2D eigenvalue weighted by atomic mass is 16.5. The molecule has 1 saturated heterocycles. The molecule has 19 heavy (non-hydrogen) atoms. The molecule has 0 aliphatic carbocycles. The standard InChI is InChI=1S/C16H23NO2/c1-2-7-16(8-3-9-17-16)13-5-6-14-15(12-13)19-11-4-10-18-14/h5-6,12,17H,2-4,7-11H2,1H3. The minimum absolute atomic E-state index is 0.152. The Morgan fingerprint density at radius 2 is 2.00 bits per heavy atom. The summed E-state index contributed by atoms with van der Waals surface area (Å²) in [7, 11) is 0. The Bertz CT molecular complexity index is 438. The van der Waals surface area contributed by atoms with E-state index in [1.807, 2.05) is 0 Å². The summed E-state index contributed by atoms with van der Waals surface area (Å²) in [5.41, 5.74) is 1.51. The third-order valence-corrected chi connectivity index (χ3v) is 4.22. The van der Waals surface area contributed by atoms with Gasteiger partial charge in [-0.1, -0.05) is 19.4 Å². The first-order valence-corrected chi connectivity index (χ1v) is 7.49. The second-order valence-electron chi connectivity index (χ2n) is 5.57. The molecule has 0 bridgehead atoms. The molecule has 1 atom stereocenters. The zero-order valence-corrected chi connectivity index (χ0v) is 11.7. The molecule has 2 heterocycles. The molecule has 1 N–H and O–H groups in total. The van der Waals surface area contributed by atoms with Gasteiger partial charge >= 0.3 is 0 Å². The van der Waals surface area contributed by atoms with Gasteiger partial charge in [0, 0.05) is 12.0 Å². The number of ether oxygens (including phenoxy) is 2. The van der Waals surface area contributed by atoms with E-state index in [0.717, 1.165) is 37.7 Å². The van der Waals surface area contributed by atoms with Gasteiger partial charge in [0.05, 0.1) is 13.2 Å². The van der Waals surface area contributed by atoms with Crippen LogP contribution in [0.2, 0.25) is 0 Å². The summed E-state index contributed by atoms with van der Waals surface area (Å²) in [5.74, 6) is 1.81. The predicted octanol–water partition coefficient (Wildman–Crippen LogP) is 3.23. The molecule has 1 unspecified atom stereocenters. The zero-order valence-electron chi connectivity index (χ0n) is 11.7. The smallest absolute Gasteiger partial charge is 0.161 e. The Morgan fingerprint density at radius 1 is 1.16 bits per heavy atom. The van der Waals surface area contributed by atoms with Crippen LogP contribution < -0.4 is 14.8 Å². The maximum absolute atomic E-state index is 5.82. The van der Waals surface area contributed by atoms with E-state index >= 15 is 0 Å². The molecule has 3 rings (SSSR count). The van der Waals surface area contributed by atoms with Crippen LogP contribution in [0, 0.1) is 0 Å². The van der Waals surface area contributed by atoms with Crippen LogP contribution in [0.15, 0.2) is 18.2 Å². The van der Waals surface area contributed by atoms with E-state index in [4.69, 9.17) is 9.47 Å². The number of fused-ring (bicyclic) bond motifs is 1. The van der Waals surface area contributed by atoms with Crippen LogP contribution in [0.5, 0.6) is 11.5 Å². The van der Waals surface area contributed by atoms with Gasteiger partial charge < -0.3 is 14.8 Å². The quantitative estimate of drug-likeness (QED) is 0.906. The zero-order chi connectivity index (χ0) is 13.1. The highest BCUT2D eigenvalue weighted by molar-refractivity contribution is 5.45. The molecule has 1 aromatic carbocycles. The molecule has 0 saturated carbocycles. The average Bonchev–Trinajstić information content (AvgIpc) is 2.78. The van der Waals surface area contributed by atoms with Crippen molar-refractivity contribution in [1.82, 2.24) is 5.32 Å². The molecule has 3 nitrogen and oxygen atoms in total. The lowest BCUT2D eigenvalue weighted by Crippen LogP contribution is -2.36. The summed E-state index contributed by atoms with van der Waals surface area (Å²) in [6.45, 7) is 4.88. The number of rotatable bonds is 3. The highest BCUT2D eigenvalue weighted by Crippen LogP contribution is 2.40. The molecule has 2 aliphatic heterocycles. The fourth-order valence-corrected chi connectivity index (χ4v) is 3.30. The van der Waals surface area contributed by atoms with E-state index in [1.165, 1.54) is 31.2 Å². The predicted molar refractivity (Wildman–Crippen MR) is 75.9 cm³/mol. The monoisotopic (exact) mass is 261 g/mol. The third kappa shape index (κ3) is 2.44. The summed E-state index contributed by atoms with van der Waals surface area (Å²) in [6.07, 6.45) is 5.82. The second kappa shape index (κ2) is 5.41. The lowest BCUT2D eigenvalue weighted by atomic mass is 9.84. The Kier molecular flexibility index (Phi) is 3.65. The number of hydrogen-bond acceptors (Lipinski definition) is 3. The van der Waals surface area contributed by atoms with Crippen molar-refractivity contribution in [1.29, 1.82) is 0 Å². The summed E-state index contributed by atoms with van der Waals surface area (Å²) in [5, 5.41) is 3.71. The third-order valence-electron chi connectivity index (χ3n) is 4.22. The van der Waals surface area contributed by atoms with Crippen molar-refractivity contribution in [3.8, 4) is 11.5 Å². The van der Waals surface area contributed by atoms with Gasteiger partial charge in [0.1, 0.15) is 0 Å². The fourth-order valence-electron chi connectivity index (χ4n) is 3.30. The Balaban J connectivity index is 1.93. The molecule has 0 aromatic heterocycles. The van der Waals surface area contributed by atoms with Crippen molar-refractivity contribution in [2.75, 3.05) is 19.8 Å². The molecule has 0 radical (unpaired) electrons. The van der Waals surface area contributed by atoms with Crippen molar-refractivity contribution in [2.24, 2.45) is 0 Å². The van der Waals surface area contributed by atoms with E-state index in [0.29, 0.717) is 0 Å². The topological polar surface area (TPSA) is 30.5 Å². The Labute approximate surface area is 115 Å². The van der Waals surface area contributed by atoms with E-state index < -0.39 is 0 Å². The van der Waals surface area contributed by atoms with Gasteiger partial charge in [0.25, 0.3) is 0 Å². The van der Waals surface area contributed by atoms with Crippen molar-refractivity contribution < 1.29 is 9.47 Å². The molecule has 1 aromatic rings. The number of hydrogen-bond donors (Lipinski definition) is 1. The maximum atomic E-state index is 5.82. The molecule has 1 fully saturated rings. The van der Waals surface area contributed by atoms with E-state index in [2.05, 4.69) is 30.4 Å². The van der Waals surface area contributed by atoms with Crippen LogP contribution in [0.25, 0.3) is 0 Å². The van der Waals surface area contributed by atoms with Crippen LogP contribution in [0.4, 0.5) is 0 Å². The molecule has 0 spiro atoms. The van der Waals surface area contributed by atoms with Gasteiger partial charge in [0.2, 0.25) is 0 Å². The van der Waals surface area contributed by atoms with Crippen molar-refractivity contribution in [3.63, 3.8) is 0 Å². The van der Waals surface area contributed by atoms with Gasteiger partial charge in [-0.05, 0) is 43.5 Å². The SMILES string of the molecule is CCCC1(c2ccc3c(c2)OCCCO3)CCCN1. The second-order valence-corrected chi connectivity index (χ2v) is 5.57. The van der Waals surface area contributed by atoms with E-state index in [-0.39, 0.29) is 5.54 Å². The van der Waals surface area contributed by atoms with E-state index in [9.17, 15) is 0 Å². The summed E-state index contributed by atoms with van der Waals surface area (Å²) in [4.78, 5) is 0. The van der Waals surface area contributed by atoms with Gasteiger partial charge in [-0.2, -0.15) is 0 Å². The Morgan fingerprint density at radius 3 is 2.74 bits per heavy atom.